The maximum Gasteiger partial charge on any atom is 0.259 e. The Morgan fingerprint density at radius 1 is 0.885 bits per heavy atom. The van der Waals surface area contributed by atoms with Gasteiger partial charge in [0.05, 0.1) is 23.4 Å². The Balaban J connectivity index is 2.15. The van der Waals surface area contributed by atoms with Gasteiger partial charge in [-0.15, -0.1) is 0 Å². The van der Waals surface area contributed by atoms with Crippen LogP contribution in [0.1, 0.15) is 53.8 Å². The quantitative estimate of drug-likeness (QED) is 0.661. The first-order valence-electron chi connectivity index (χ1n) is 9.07. The summed E-state index contributed by atoms with van der Waals surface area (Å²) in [5.41, 5.74) is 1.36. The highest BCUT2D eigenvalue weighted by molar-refractivity contribution is 6.10. The number of benzene rings is 2. The zero-order valence-corrected chi connectivity index (χ0v) is 15.4. The number of carbonyl (C=O) groups is 2. The van der Waals surface area contributed by atoms with E-state index in [9.17, 15) is 9.59 Å². The third kappa shape index (κ3) is 5.34. The first-order chi connectivity index (χ1) is 12.7. The molecule has 0 atom stereocenters. The standard InChI is InChI=1S/C21H26N2O3/c1-3-5-10-15-26-19-14-9-7-12-17(19)21(25)23-18-13-8-6-11-16(18)20(24)22-4-2/h6-9,11-14H,3-5,10,15H2,1-2H3,(H,22,24)(H,23,25). The van der Waals surface area contributed by atoms with Gasteiger partial charge in [-0.25, -0.2) is 0 Å². The van der Waals surface area contributed by atoms with Gasteiger partial charge in [-0.3, -0.25) is 9.59 Å². The molecule has 0 spiro atoms. The lowest BCUT2D eigenvalue weighted by molar-refractivity contribution is 0.0956. The van der Waals surface area contributed by atoms with Crippen molar-refractivity contribution in [3.8, 4) is 5.75 Å². The van der Waals surface area contributed by atoms with Gasteiger partial charge in [0.25, 0.3) is 11.8 Å². The van der Waals surface area contributed by atoms with Crippen LogP contribution in [0, 0.1) is 0 Å². The molecular formula is C21H26N2O3. The highest BCUT2D eigenvalue weighted by Gasteiger charge is 2.16. The third-order valence-corrected chi connectivity index (χ3v) is 3.89. The monoisotopic (exact) mass is 354 g/mol. The number of rotatable bonds is 9. The molecule has 0 unspecified atom stereocenters. The van der Waals surface area contributed by atoms with Crippen LogP contribution in [0.3, 0.4) is 0 Å². The van der Waals surface area contributed by atoms with Crippen LogP contribution in [0.4, 0.5) is 5.69 Å². The zero-order valence-electron chi connectivity index (χ0n) is 15.4. The van der Waals surface area contributed by atoms with Crippen molar-refractivity contribution in [3.63, 3.8) is 0 Å². The van der Waals surface area contributed by atoms with Crippen LogP contribution < -0.4 is 15.4 Å². The van der Waals surface area contributed by atoms with Gasteiger partial charge in [0.2, 0.25) is 0 Å². The minimum atomic E-state index is -0.298. The molecule has 0 heterocycles. The van der Waals surface area contributed by atoms with Gasteiger partial charge in [-0.1, -0.05) is 44.0 Å². The average molecular weight is 354 g/mol. The molecule has 0 aromatic heterocycles. The third-order valence-electron chi connectivity index (χ3n) is 3.89. The minimum absolute atomic E-state index is 0.215. The van der Waals surface area contributed by atoms with E-state index in [0.717, 1.165) is 19.3 Å². The molecule has 0 bridgehead atoms. The van der Waals surface area contributed by atoms with E-state index in [2.05, 4.69) is 17.6 Å². The number of unbranched alkanes of at least 4 members (excludes halogenated alkanes) is 2. The van der Waals surface area contributed by atoms with Crippen molar-refractivity contribution >= 4 is 17.5 Å². The van der Waals surface area contributed by atoms with E-state index in [1.54, 1.807) is 42.5 Å². The van der Waals surface area contributed by atoms with Gasteiger partial charge in [0, 0.05) is 6.54 Å². The van der Waals surface area contributed by atoms with E-state index >= 15 is 0 Å². The number of ether oxygens (including phenoxy) is 1. The number of carbonyl (C=O) groups excluding carboxylic acids is 2. The Morgan fingerprint density at radius 3 is 2.31 bits per heavy atom. The summed E-state index contributed by atoms with van der Waals surface area (Å²) in [6.45, 7) is 5.09. The summed E-state index contributed by atoms with van der Waals surface area (Å²) < 4.78 is 5.77. The van der Waals surface area contributed by atoms with Gasteiger partial charge < -0.3 is 15.4 Å². The number of amides is 2. The van der Waals surface area contributed by atoms with Crippen LogP contribution in [0.2, 0.25) is 0 Å². The molecule has 2 rings (SSSR count). The molecule has 0 fully saturated rings. The summed E-state index contributed by atoms with van der Waals surface area (Å²) in [5.74, 6) is 0.0388. The van der Waals surface area contributed by atoms with Crippen LogP contribution in [0.15, 0.2) is 48.5 Å². The molecule has 5 nitrogen and oxygen atoms in total. The Bertz CT molecular complexity index is 744. The fourth-order valence-corrected chi connectivity index (χ4v) is 2.55. The fourth-order valence-electron chi connectivity index (χ4n) is 2.55. The van der Waals surface area contributed by atoms with Crippen LogP contribution in [0.5, 0.6) is 5.75 Å². The number of hydrogen-bond acceptors (Lipinski definition) is 3. The summed E-state index contributed by atoms with van der Waals surface area (Å²) in [6.07, 6.45) is 3.16. The van der Waals surface area contributed by atoms with Crippen molar-refractivity contribution < 1.29 is 14.3 Å². The number of hydrogen-bond donors (Lipinski definition) is 2. The molecule has 0 saturated heterocycles. The summed E-state index contributed by atoms with van der Waals surface area (Å²) >= 11 is 0. The van der Waals surface area contributed by atoms with Crippen molar-refractivity contribution in [2.24, 2.45) is 0 Å². The van der Waals surface area contributed by atoms with Crippen LogP contribution in [-0.2, 0) is 0 Å². The van der Waals surface area contributed by atoms with Crippen LogP contribution >= 0.6 is 0 Å². The van der Waals surface area contributed by atoms with E-state index in [1.165, 1.54) is 0 Å². The lowest BCUT2D eigenvalue weighted by atomic mass is 10.1. The van der Waals surface area contributed by atoms with Crippen molar-refractivity contribution in [2.75, 3.05) is 18.5 Å². The van der Waals surface area contributed by atoms with Gasteiger partial charge >= 0.3 is 0 Å². The summed E-state index contributed by atoms with van der Waals surface area (Å²) in [6, 6.07) is 14.1. The molecule has 0 aliphatic rings. The fraction of sp³-hybridized carbons (Fsp3) is 0.333. The molecule has 0 aliphatic carbocycles. The topological polar surface area (TPSA) is 67.4 Å². The minimum Gasteiger partial charge on any atom is -0.493 e. The van der Waals surface area contributed by atoms with Crippen molar-refractivity contribution in [3.05, 3.63) is 59.7 Å². The maximum atomic E-state index is 12.7. The molecule has 26 heavy (non-hydrogen) atoms. The second-order valence-corrected chi connectivity index (χ2v) is 5.91. The number of anilines is 1. The molecule has 2 amide bonds. The number of para-hydroxylation sites is 2. The molecule has 0 aliphatic heterocycles. The molecule has 2 N–H and O–H groups in total. The van der Waals surface area contributed by atoms with Crippen molar-refractivity contribution in [1.82, 2.24) is 5.32 Å². The van der Waals surface area contributed by atoms with Gasteiger partial charge in [0.15, 0.2) is 0 Å². The molecule has 5 heteroatoms. The highest BCUT2D eigenvalue weighted by Crippen LogP contribution is 2.22. The van der Waals surface area contributed by atoms with E-state index in [0.29, 0.717) is 35.7 Å². The summed E-state index contributed by atoms with van der Waals surface area (Å²) in [5, 5.41) is 5.58. The second kappa shape index (κ2) is 10.2. The van der Waals surface area contributed by atoms with E-state index in [-0.39, 0.29) is 11.8 Å². The lowest BCUT2D eigenvalue weighted by Gasteiger charge is -2.13. The predicted molar refractivity (Wildman–Crippen MR) is 104 cm³/mol. The second-order valence-electron chi connectivity index (χ2n) is 5.91. The first kappa shape index (κ1) is 19.5. The smallest absolute Gasteiger partial charge is 0.259 e. The SMILES string of the molecule is CCCCCOc1ccccc1C(=O)Nc1ccccc1C(=O)NCC. The molecular weight excluding hydrogens is 328 g/mol. The average Bonchev–Trinajstić information content (AvgIpc) is 2.66. The summed E-state index contributed by atoms with van der Waals surface area (Å²) in [4.78, 5) is 24.9. The molecule has 2 aromatic carbocycles. The van der Waals surface area contributed by atoms with Crippen molar-refractivity contribution in [2.45, 2.75) is 33.1 Å². The first-order valence-corrected chi connectivity index (χ1v) is 9.07. The van der Waals surface area contributed by atoms with E-state index in [1.807, 2.05) is 13.0 Å². The van der Waals surface area contributed by atoms with Crippen LogP contribution in [-0.4, -0.2) is 25.0 Å². The highest BCUT2D eigenvalue weighted by atomic mass is 16.5. The zero-order chi connectivity index (χ0) is 18.8. The Morgan fingerprint density at radius 2 is 1.58 bits per heavy atom. The number of nitrogens with one attached hydrogen (secondary N) is 2. The van der Waals surface area contributed by atoms with Crippen LogP contribution in [0.25, 0.3) is 0 Å². The van der Waals surface area contributed by atoms with Gasteiger partial charge in [0.1, 0.15) is 5.75 Å². The van der Waals surface area contributed by atoms with Gasteiger partial charge in [-0.2, -0.15) is 0 Å². The molecule has 0 radical (unpaired) electrons. The Hall–Kier alpha value is -2.82. The molecule has 138 valence electrons. The largest absolute Gasteiger partial charge is 0.493 e. The van der Waals surface area contributed by atoms with E-state index < -0.39 is 0 Å². The Kier molecular flexibility index (Phi) is 7.68. The molecule has 0 saturated carbocycles. The normalized spacial score (nSPS) is 10.2. The Labute approximate surface area is 154 Å². The summed E-state index contributed by atoms with van der Waals surface area (Å²) in [7, 11) is 0. The maximum absolute atomic E-state index is 12.7. The van der Waals surface area contributed by atoms with Crippen molar-refractivity contribution in [1.29, 1.82) is 0 Å². The molecule has 2 aromatic rings. The predicted octanol–water partition coefficient (Wildman–Crippen LogP) is 4.26. The lowest BCUT2D eigenvalue weighted by Crippen LogP contribution is -2.25. The van der Waals surface area contributed by atoms with Gasteiger partial charge in [-0.05, 0) is 37.6 Å². The van der Waals surface area contributed by atoms with E-state index in [4.69, 9.17) is 4.74 Å².